The van der Waals surface area contributed by atoms with Crippen LogP contribution >= 0.6 is 23.2 Å². The van der Waals surface area contributed by atoms with Gasteiger partial charge in [-0.05, 0) is 31.5 Å². The second-order valence-corrected chi connectivity index (χ2v) is 4.81. The van der Waals surface area contributed by atoms with Gasteiger partial charge in [0, 0.05) is 6.04 Å². The molecule has 0 saturated carbocycles. The molecule has 0 amide bonds. The molecule has 90 valence electrons. The standard InChI is InChI=1S/C13H19Cl2N/c1-3-4-5-9-16-10(2)11-7-6-8-12(14)13(11)15/h6-8,10,16H,3-5,9H2,1-2H3. The van der Waals surface area contributed by atoms with E-state index in [4.69, 9.17) is 23.2 Å². The molecule has 1 nitrogen and oxygen atoms in total. The molecule has 1 aromatic rings. The quantitative estimate of drug-likeness (QED) is 0.722. The van der Waals surface area contributed by atoms with E-state index in [1.807, 2.05) is 18.2 Å². The molecule has 1 atom stereocenters. The highest BCUT2D eigenvalue weighted by Gasteiger charge is 2.10. The molecule has 0 aliphatic rings. The molecule has 1 aromatic carbocycles. The van der Waals surface area contributed by atoms with Crippen LogP contribution < -0.4 is 5.32 Å². The summed E-state index contributed by atoms with van der Waals surface area (Å²) in [6.07, 6.45) is 3.72. The summed E-state index contributed by atoms with van der Waals surface area (Å²) in [7, 11) is 0. The van der Waals surface area contributed by atoms with Gasteiger partial charge in [0.1, 0.15) is 0 Å². The topological polar surface area (TPSA) is 12.0 Å². The number of benzene rings is 1. The van der Waals surface area contributed by atoms with Gasteiger partial charge < -0.3 is 5.32 Å². The summed E-state index contributed by atoms with van der Waals surface area (Å²) < 4.78 is 0. The Morgan fingerprint density at radius 3 is 2.69 bits per heavy atom. The normalized spacial score (nSPS) is 12.8. The zero-order valence-electron chi connectivity index (χ0n) is 9.89. The molecule has 0 aliphatic heterocycles. The fraction of sp³-hybridized carbons (Fsp3) is 0.538. The molecule has 1 N–H and O–H groups in total. The van der Waals surface area contributed by atoms with E-state index < -0.39 is 0 Å². The van der Waals surface area contributed by atoms with Crippen LogP contribution in [0.25, 0.3) is 0 Å². The highest BCUT2D eigenvalue weighted by atomic mass is 35.5. The molecule has 0 saturated heterocycles. The largest absolute Gasteiger partial charge is 0.310 e. The predicted molar refractivity (Wildman–Crippen MR) is 72.4 cm³/mol. The highest BCUT2D eigenvalue weighted by Crippen LogP contribution is 2.29. The van der Waals surface area contributed by atoms with Crippen LogP contribution in [0.15, 0.2) is 18.2 Å². The minimum atomic E-state index is 0.253. The lowest BCUT2D eigenvalue weighted by molar-refractivity contribution is 0.544. The van der Waals surface area contributed by atoms with Gasteiger partial charge in [-0.1, -0.05) is 55.1 Å². The van der Waals surface area contributed by atoms with Gasteiger partial charge in [-0.15, -0.1) is 0 Å². The smallest absolute Gasteiger partial charge is 0.0639 e. The SMILES string of the molecule is CCCCCNC(C)c1cccc(Cl)c1Cl. The van der Waals surface area contributed by atoms with Crippen LogP contribution in [0.2, 0.25) is 10.0 Å². The second-order valence-electron chi connectivity index (χ2n) is 4.03. The van der Waals surface area contributed by atoms with Gasteiger partial charge in [0.25, 0.3) is 0 Å². The van der Waals surface area contributed by atoms with Crippen molar-refractivity contribution < 1.29 is 0 Å². The fourth-order valence-electron chi connectivity index (χ4n) is 1.66. The van der Waals surface area contributed by atoms with Gasteiger partial charge >= 0.3 is 0 Å². The minimum Gasteiger partial charge on any atom is -0.310 e. The summed E-state index contributed by atoms with van der Waals surface area (Å²) in [5.74, 6) is 0. The highest BCUT2D eigenvalue weighted by molar-refractivity contribution is 6.42. The monoisotopic (exact) mass is 259 g/mol. The first-order valence-corrected chi connectivity index (χ1v) is 6.59. The lowest BCUT2D eigenvalue weighted by Crippen LogP contribution is -2.20. The Labute approximate surface area is 108 Å². The first-order valence-electron chi connectivity index (χ1n) is 5.84. The lowest BCUT2D eigenvalue weighted by Gasteiger charge is -2.16. The predicted octanol–water partition coefficient (Wildman–Crippen LogP) is 4.83. The Balaban J connectivity index is 2.52. The molecule has 0 heterocycles. The molecule has 3 heteroatoms. The van der Waals surface area contributed by atoms with E-state index in [0.717, 1.165) is 12.1 Å². The van der Waals surface area contributed by atoms with Gasteiger partial charge in [0.2, 0.25) is 0 Å². The molecule has 16 heavy (non-hydrogen) atoms. The molecule has 1 rings (SSSR count). The number of unbranched alkanes of at least 4 members (excludes halogenated alkanes) is 2. The third-order valence-corrected chi connectivity index (χ3v) is 3.51. The summed E-state index contributed by atoms with van der Waals surface area (Å²) in [5.41, 5.74) is 1.07. The Kier molecular flexibility index (Phi) is 6.18. The molecule has 0 aromatic heterocycles. The molecular weight excluding hydrogens is 241 g/mol. The molecule has 0 spiro atoms. The summed E-state index contributed by atoms with van der Waals surface area (Å²) in [4.78, 5) is 0. The van der Waals surface area contributed by atoms with Crippen LogP contribution in [-0.2, 0) is 0 Å². The van der Waals surface area contributed by atoms with Crippen molar-refractivity contribution in [1.29, 1.82) is 0 Å². The maximum Gasteiger partial charge on any atom is 0.0639 e. The van der Waals surface area contributed by atoms with Crippen molar-refractivity contribution in [3.8, 4) is 0 Å². The average molecular weight is 260 g/mol. The summed E-state index contributed by atoms with van der Waals surface area (Å²) in [5, 5.41) is 4.75. The summed E-state index contributed by atoms with van der Waals surface area (Å²) in [6.45, 7) is 5.35. The Bertz CT molecular complexity index is 326. The average Bonchev–Trinajstić information content (AvgIpc) is 2.28. The number of hydrogen-bond acceptors (Lipinski definition) is 1. The zero-order valence-corrected chi connectivity index (χ0v) is 11.4. The van der Waals surface area contributed by atoms with Crippen LogP contribution in [0.1, 0.15) is 44.7 Å². The van der Waals surface area contributed by atoms with Crippen LogP contribution in [0.5, 0.6) is 0 Å². The van der Waals surface area contributed by atoms with E-state index in [1.165, 1.54) is 19.3 Å². The summed E-state index contributed by atoms with van der Waals surface area (Å²) in [6, 6.07) is 6.03. The third-order valence-electron chi connectivity index (χ3n) is 2.68. The van der Waals surface area contributed by atoms with Crippen molar-refractivity contribution in [2.45, 2.75) is 39.2 Å². The van der Waals surface area contributed by atoms with Gasteiger partial charge in [0.05, 0.1) is 10.0 Å². The lowest BCUT2D eigenvalue weighted by atomic mass is 10.1. The van der Waals surface area contributed by atoms with E-state index in [0.29, 0.717) is 10.0 Å². The zero-order chi connectivity index (χ0) is 12.0. The van der Waals surface area contributed by atoms with Crippen LogP contribution in [-0.4, -0.2) is 6.54 Å². The first-order chi connectivity index (χ1) is 7.66. The number of nitrogens with one attached hydrogen (secondary N) is 1. The molecule has 0 fully saturated rings. The van der Waals surface area contributed by atoms with E-state index in [-0.39, 0.29) is 6.04 Å². The number of halogens is 2. The molecular formula is C13H19Cl2N. The maximum atomic E-state index is 6.16. The maximum absolute atomic E-state index is 6.16. The first kappa shape index (κ1) is 13.8. The number of rotatable bonds is 6. The van der Waals surface area contributed by atoms with E-state index in [1.54, 1.807) is 0 Å². The summed E-state index contributed by atoms with van der Waals surface area (Å²) >= 11 is 12.1. The Morgan fingerprint density at radius 1 is 1.25 bits per heavy atom. The van der Waals surface area contributed by atoms with E-state index >= 15 is 0 Å². The Hall–Kier alpha value is -0.240. The van der Waals surface area contributed by atoms with Crippen molar-refractivity contribution in [3.05, 3.63) is 33.8 Å². The van der Waals surface area contributed by atoms with Crippen LogP contribution in [0.4, 0.5) is 0 Å². The molecule has 0 radical (unpaired) electrons. The van der Waals surface area contributed by atoms with Crippen molar-refractivity contribution in [3.63, 3.8) is 0 Å². The minimum absolute atomic E-state index is 0.253. The van der Waals surface area contributed by atoms with E-state index in [9.17, 15) is 0 Å². The van der Waals surface area contributed by atoms with Gasteiger partial charge in [-0.3, -0.25) is 0 Å². The molecule has 0 bridgehead atoms. The van der Waals surface area contributed by atoms with Crippen molar-refractivity contribution in [2.24, 2.45) is 0 Å². The second kappa shape index (κ2) is 7.16. The van der Waals surface area contributed by atoms with Crippen LogP contribution in [0.3, 0.4) is 0 Å². The van der Waals surface area contributed by atoms with Crippen molar-refractivity contribution >= 4 is 23.2 Å². The number of hydrogen-bond donors (Lipinski definition) is 1. The molecule has 0 aliphatic carbocycles. The van der Waals surface area contributed by atoms with E-state index in [2.05, 4.69) is 19.2 Å². The molecule has 1 unspecified atom stereocenters. The Morgan fingerprint density at radius 2 is 2.00 bits per heavy atom. The van der Waals surface area contributed by atoms with Gasteiger partial charge in [0.15, 0.2) is 0 Å². The van der Waals surface area contributed by atoms with Crippen molar-refractivity contribution in [2.75, 3.05) is 6.54 Å². The fourth-order valence-corrected chi connectivity index (χ4v) is 2.13. The van der Waals surface area contributed by atoms with Gasteiger partial charge in [-0.2, -0.15) is 0 Å². The van der Waals surface area contributed by atoms with Gasteiger partial charge in [-0.25, -0.2) is 0 Å². The third kappa shape index (κ3) is 3.97. The van der Waals surface area contributed by atoms with Crippen LogP contribution in [0, 0.1) is 0 Å². The van der Waals surface area contributed by atoms with Crippen molar-refractivity contribution in [1.82, 2.24) is 5.32 Å².